The van der Waals surface area contributed by atoms with E-state index in [0.29, 0.717) is 18.3 Å². The summed E-state index contributed by atoms with van der Waals surface area (Å²) in [6.07, 6.45) is 6.44. The van der Waals surface area contributed by atoms with E-state index in [1.54, 1.807) is 0 Å². The van der Waals surface area contributed by atoms with E-state index in [1.165, 1.54) is 30.3 Å². The zero-order valence-electron chi connectivity index (χ0n) is 17.4. The van der Waals surface area contributed by atoms with Gasteiger partial charge in [0.2, 0.25) is 5.91 Å². The zero-order valence-corrected chi connectivity index (χ0v) is 18.2. The molecule has 0 spiro atoms. The van der Waals surface area contributed by atoms with E-state index < -0.39 is 0 Å². The van der Waals surface area contributed by atoms with Crippen molar-refractivity contribution < 1.29 is 4.79 Å². The first-order chi connectivity index (χ1) is 14.2. The maximum absolute atomic E-state index is 12.3. The van der Waals surface area contributed by atoms with E-state index in [1.807, 2.05) is 10.6 Å². The van der Waals surface area contributed by atoms with Crippen LogP contribution < -0.4 is 10.2 Å². The standard InChI is InChI=1S/C22H31N5OS/c1-4-15-27-21(17-11-13-19(14-12-17)26(5-2)6-3)24-25-22(27)29-16-20(28)23-18-9-7-8-10-18/h4,11-14,18H,1,5-10,15-16H2,2-3H3,(H,23,28). The van der Waals surface area contributed by atoms with Gasteiger partial charge < -0.3 is 10.2 Å². The molecule has 0 bridgehead atoms. The predicted octanol–water partition coefficient (Wildman–Crippen LogP) is 4.13. The van der Waals surface area contributed by atoms with Gasteiger partial charge in [0, 0.05) is 36.9 Å². The third-order valence-corrected chi connectivity index (χ3v) is 6.30. The minimum Gasteiger partial charge on any atom is -0.372 e. The van der Waals surface area contributed by atoms with Crippen LogP contribution in [0.1, 0.15) is 39.5 Å². The third kappa shape index (κ3) is 5.41. The molecular weight excluding hydrogens is 382 g/mol. The lowest BCUT2D eigenvalue weighted by Gasteiger charge is -2.21. The topological polar surface area (TPSA) is 63.1 Å². The van der Waals surface area contributed by atoms with Gasteiger partial charge in [-0.25, -0.2) is 0 Å². The molecule has 3 rings (SSSR count). The lowest BCUT2D eigenvalue weighted by atomic mass is 10.2. The highest BCUT2D eigenvalue weighted by atomic mass is 32.2. The molecule has 0 unspecified atom stereocenters. The monoisotopic (exact) mass is 413 g/mol. The number of nitrogens with zero attached hydrogens (tertiary/aromatic N) is 4. The highest BCUT2D eigenvalue weighted by Gasteiger charge is 2.19. The lowest BCUT2D eigenvalue weighted by Crippen LogP contribution is -2.33. The highest BCUT2D eigenvalue weighted by molar-refractivity contribution is 7.99. The summed E-state index contributed by atoms with van der Waals surface area (Å²) in [6.45, 7) is 10.7. The first-order valence-electron chi connectivity index (χ1n) is 10.5. The van der Waals surface area contributed by atoms with Crippen LogP contribution in [0.5, 0.6) is 0 Å². The van der Waals surface area contributed by atoms with Gasteiger partial charge in [-0.15, -0.1) is 16.8 Å². The van der Waals surface area contributed by atoms with Crippen LogP contribution in [-0.2, 0) is 11.3 Å². The van der Waals surface area contributed by atoms with Gasteiger partial charge in [0.25, 0.3) is 0 Å². The number of hydrogen-bond donors (Lipinski definition) is 1. The van der Waals surface area contributed by atoms with Gasteiger partial charge in [0.15, 0.2) is 11.0 Å². The van der Waals surface area contributed by atoms with Crippen molar-refractivity contribution in [2.45, 2.75) is 57.3 Å². The average molecular weight is 414 g/mol. The van der Waals surface area contributed by atoms with Crippen LogP contribution in [0.3, 0.4) is 0 Å². The van der Waals surface area contributed by atoms with Crippen molar-refractivity contribution in [3.63, 3.8) is 0 Å². The van der Waals surface area contributed by atoms with Gasteiger partial charge >= 0.3 is 0 Å². The van der Waals surface area contributed by atoms with Crippen molar-refractivity contribution in [3.8, 4) is 11.4 Å². The van der Waals surface area contributed by atoms with Gasteiger partial charge in [0.05, 0.1) is 5.75 Å². The van der Waals surface area contributed by atoms with Gasteiger partial charge in [0.1, 0.15) is 0 Å². The number of aromatic nitrogens is 3. The summed E-state index contributed by atoms with van der Waals surface area (Å²) in [6, 6.07) is 8.75. The molecular formula is C22H31N5OS. The van der Waals surface area contributed by atoms with Gasteiger partial charge in [-0.3, -0.25) is 9.36 Å². The van der Waals surface area contributed by atoms with E-state index in [4.69, 9.17) is 0 Å². The second-order valence-corrected chi connectivity index (χ2v) is 8.20. The number of benzene rings is 1. The van der Waals surface area contributed by atoms with Crippen molar-refractivity contribution in [1.29, 1.82) is 0 Å². The summed E-state index contributed by atoms with van der Waals surface area (Å²) in [5, 5.41) is 12.6. The molecule has 2 aromatic rings. The van der Waals surface area contributed by atoms with Gasteiger partial charge in [-0.1, -0.05) is 30.7 Å². The molecule has 1 aromatic carbocycles. The Balaban J connectivity index is 1.70. The van der Waals surface area contributed by atoms with E-state index in [2.05, 4.69) is 65.1 Å². The highest BCUT2D eigenvalue weighted by Crippen LogP contribution is 2.26. The minimum absolute atomic E-state index is 0.0696. The maximum atomic E-state index is 12.3. The third-order valence-electron chi connectivity index (χ3n) is 5.34. The molecule has 6 nitrogen and oxygen atoms in total. The number of carbonyl (C=O) groups is 1. The van der Waals surface area contributed by atoms with E-state index in [0.717, 1.165) is 42.5 Å². The van der Waals surface area contributed by atoms with Gasteiger partial charge in [-0.2, -0.15) is 0 Å². The van der Waals surface area contributed by atoms with Crippen LogP contribution in [0, 0.1) is 0 Å². The molecule has 0 aliphatic heterocycles. The number of rotatable bonds is 10. The fourth-order valence-electron chi connectivity index (χ4n) is 3.78. The molecule has 1 aliphatic rings. The summed E-state index contributed by atoms with van der Waals surface area (Å²) in [5.41, 5.74) is 2.21. The molecule has 1 heterocycles. The normalized spacial score (nSPS) is 14.1. The Morgan fingerprint density at radius 2 is 1.93 bits per heavy atom. The SMILES string of the molecule is C=CCn1c(SCC(=O)NC2CCCC2)nnc1-c1ccc(N(CC)CC)cc1. The van der Waals surface area contributed by atoms with Crippen LogP contribution >= 0.6 is 11.8 Å². The number of allylic oxidation sites excluding steroid dienone is 1. The molecule has 0 radical (unpaired) electrons. The summed E-state index contributed by atoms with van der Waals surface area (Å²) >= 11 is 1.43. The Hall–Kier alpha value is -2.28. The molecule has 29 heavy (non-hydrogen) atoms. The van der Waals surface area contributed by atoms with Crippen molar-refractivity contribution in [2.75, 3.05) is 23.7 Å². The molecule has 1 N–H and O–H groups in total. The fraction of sp³-hybridized carbons (Fsp3) is 0.500. The molecule has 1 aliphatic carbocycles. The summed E-state index contributed by atoms with van der Waals surface area (Å²) in [4.78, 5) is 14.6. The molecule has 1 aromatic heterocycles. The van der Waals surface area contributed by atoms with E-state index in [-0.39, 0.29) is 5.91 Å². The van der Waals surface area contributed by atoms with Crippen LogP contribution in [-0.4, -0.2) is 45.6 Å². The fourth-order valence-corrected chi connectivity index (χ4v) is 4.54. The first kappa shape index (κ1) is 21.4. The lowest BCUT2D eigenvalue weighted by molar-refractivity contribution is -0.119. The smallest absolute Gasteiger partial charge is 0.230 e. The number of carbonyl (C=O) groups excluding carboxylic acids is 1. The Kier molecular flexibility index (Phi) is 7.75. The molecule has 7 heteroatoms. The number of hydrogen-bond acceptors (Lipinski definition) is 5. The molecule has 0 atom stereocenters. The van der Waals surface area contributed by atoms with Crippen molar-refractivity contribution >= 4 is 23.4 Å². The minimum atomic E-state index is 0.0696. The number of anilines is 1. The number of amides is 1. The average Bonchev–Trinajstić information content (AvgIpc) is 3.38. The zero-order chi connectivity index (χ0) is 20.6. The van der Waals surface area contributed by atoms with Crippen LogP contribution in [0.4, 0.5) is 5.69 Å². The summed E-state index contributed by atoms with van der Waals surface area (Å²) < 4.78 is 2.02. The Morgan fingerprint density at radius 3 is 2.55 bits per heavy atom. The van der Waals surface area contributed by atoms with Crippen molar-refractivity contribution in [1.82, 2.24) is 20.1 Å². The predicted molar refractivity (Wildman–Crippen MR) is 120 cm³/mol. The van der Waals surface area contributed by atoms with Crippen LogP contribution in [0.25, 0.3) is 11.4 Å². The van der Waals surface area contributed by atoms with Crippen molar-refractivity contribution in [2.24, 2.45) is 0 Å². The van der Waals surface area contributed by atoms with Gasteiger partial charge in [-0.05, 0) is 51.0 Å². The molecule has 1 fully saturated rings. The summed E-state index contributed by atoms with van der Waals surface area (Å²) in [5.74, 6) is 1.22. The molecule has 0 saturated heterocycles. The molecule has 1 saturated carbocycles. The quantitative estimate of drug-likeness (QED) is 0.469. The van der Waals surface area contributed by atoms with Crippen LogP contribution in [0.2, 0.25) is 0 Å². The maximum Gasteiger partial charge on any atom is 0.230 e. The molecule has 156 valence electrons. The van der Waals surface area contributed by atoms with E-state index in [9.17, 15) is 4.79 Å². The van der Waals surface area contributed by atoms with Crippen LogP contribution in [0.15, 0.2) is 42.1 Å². The second kappa shape index (κ2) is 10.5. The largest absolute Gasteiger partial charge is 0.372 e. The Bertz CT molecular complexity index is 807. The second-order valence-electron chi connectivity index (χ2n) is 7.26. The first-order valence-corrected chi connectivity index (χ1v) is 11.5. The summed E-state index contributed by atoms with van der Waals surface area (Å²) in [7, 11) is 0. The van der Waals surface area contributed by atoms with E-state index >= 15 is 0 Å². The molecule has 1 amide bonds. The number of nitrogens with one attached hydrogen (secondary N) is 1. The Morgan fingerprint density at radius 1 is 1.24 bits per heavy atom. The van der Waals surface area contributed by atoms with Crippen molar-refractivity contribution in [3.05, 3.63) is 36.9 Å². The Labute approximate surface area is 177 Å². The number of thioether (sulfide) groups is 1.